The number of hydrogen-bond acceptors (Lipinski definition) is 7. The largest absolute Gasteiger partial charge is 0.477 e. The molecule has 2 heterocycles. The predicted molar refractivity (Wildman–Crippen MR) is 153 cm³/mol. The molecule has 1 aliphatic heterocycles. The normalized spacial score (nSPS) is 28.8. The van der Waals surface area contributed by atoms with E-state index in [2.05, 4.69) is 25.8 Å². The molecule has 7 heteroatoms. The predicted octanol–water partition coefficient (Wildman–Crippen LogP) is 6.33. The summed E-state index contributed by atoms with van der Waals surface area (Å²) in [6, 6.07) is 5.79. The maximum atomic E-state index is 12.8. The molecule has 0 saturated heterocycles. The van der Waals surface area contributed by atoms with Gasteiger partial charge in [0.2, 0.25) is 5.88 Å². The van der Waals surface area contributed by atoms with Crippen LogP contribution in [0, 0.1) is 17.8 Å². The van der Waals surface area contributed by atoms with Crippen LogP contribution < -0.4 is 4.74 Å². The zero-order valence-electron chi connectivity index (χ0n) is 24.8. The Morgan fingerprint density at radius 3 is 2.62 bits per heavy atom. The quantitative estimate of drug-likeness (QED) is 0.233. The van der Waals surface area contributed by atoms with Crippen molar-refractivity contribution in [3.8, 4) is 5.88 Å². The molecule has 0 radical (unpaired) electrons. The SMILES string of the molecule is CC(=O)O[C@H]1/C=C/[C@H](C)[C@@H](/C(C)=C/C=C/C(C)c2cccc(OCC(C)C)n2)OC(=O)C[C@H](C)CC[C@@]1(C)O. The Bertz CT molecular complexity index is 1040. The van der Waals surface area contributed by atoms with E-state index in [9.17, 15) is 14.7 Å². The number of carbonyl (C=O) groups excluding carboxylic acids is 2. The summed E-state index contributed by atoms with van der Waals surface area (Å²) in [5.74, 6) is 0.177. The van der Waals surface area contributed by atoms with Gasteiger partial charge in [0.1, 0.15) is 17.8 Å². The van der Waals surface area contributed by atoms with Gasteiger partial charge in [-0.05, 0) is 56.2 Å². The van der Waals surface area contributed by atoms with Gasteiger partial charge in [-0.25, -0.2) is 4.98 Å². The van der Waals surface area contributed by atoms with Crippen LogP contribution in [0.1, 0.15) is 86.3 Å². The highest BCUT2D eigenvalue weighted by Gasteiger charge is 2.34. The Morgan fingerprint density at radius 1 is 1.23 bits per heavy atom. The standard InChI is InChI=1S/C32H47NO6/c1-21(2)20-37-29-14-10-13-27(33-29)23(4)11-9-12-24(5)31-25(6)15-16-28(38-26(7)34)32(8,36)18-17-22(3)19-30(35)39-31/h9-16,21-23,25,28,31,36H,17-20H2,1-8H3/b11-9+,16-15+,24-12+/t22-,23?,25+,28+,31-,32-/m1/s1. The van der Waals surface area contributed by atoms with E-state index in [0.717, 1.165) is 11.3 Å². The van der Waals surface area contributed by atoms with Gasteiger partial charge >= 0.3 is 11.9 Å². The lowest BCUT2D eigenvalue weighted by atomic mass is 9.87. The third-order valence-corrected chi connectivity index (χ3v) is 6.87. The van der Waals surface area contributed by atoms with Crippen molar-refractivity contribution in [1.29, 1.82) is 0 Å². The number of esters is 2. The second-order valence-electron chi connectivity index (χ2n) is 11.6. The van der Waals surface area contributed by atoms with E-state index in [0.29, 0.717) is 31.2 Å². The van der Waals surface area contributed by atoms with Gasteiger partial charge in [0, 0.05) is 31.2 Å². The number of cyclic esters (lactones) is 1. The van der Waals surface area contributed by atoms with E-state index in [-0.39, 0.29) is 30.1 Å². The first-order valence-corrected chi connectivity index (χ1v) is 14.0. The first kappa shape index (κ1) is 32.3. The van der Waals surface area contributed by atoms with Crippen LogP contribution in [-0.2, 0) is 19.1 Å². The lowest BCUT2D eigenvalue weighted by molar-refractivity contribution is -0.156. The summed E-state index contributed by atoms with van der Waals surface area (Å²) in [5, 5.41) is 11.1. The van der Waals surface area contributed by atoms with E-state index in [1.165, 1.54) is 6.92 Å². The van der Waals surface area contributed by atoms with Crippen LogP contribution in [0.2, 0.25) is 0 Å². The van der Waals surface area contributed by atoms with Crippen LogP contribution in [0.5, 0.6) is 5.88 Å². The highest BCUT2D eigenvalue weighted by molar-refractivity contribution is 5.70. The first-order valence-electron chi connectivity index (χ1n) is 14.0. The van der Waals surface area contributed by atoms with E-state index in [1.54, 1.807) is 13.0 Å². The van der Waals surface area contributed by atoms with Gasteiger partial charge in [-0.3, -0.25) is 9.59 Å². The summed E-state index contributed by atoms with van der Waals surface area (Å²) >= 11 is 0. The number of nitrogens with zero attached hydrogens (tertiary/aromatic N) is 1. The molecule has 1 unspecified atom stereocenters. The molecule has 0 amide bonds. The van der Waals surface area contributed by atoms with Gasteiger partial charge in [0.15, 0.2) is 0 Å². The monoisotopic (exact) mass is 541 g/mol. The van der Waals surface area contributed by atoms with Crippen molar-refractivity contribution in [2.45, 2.75) is 98.4 Å². The van der Waals surface area contributed by atoms with Crippen LogP contribution in [-0.4, -0.2) is 46.4 Å². The third-order valence-electron chi connectivity index (χ3n) is 6.87. The van der Waals surface area contributed by atoms with Crippen molar-refractivity contribution in [2.75, 3.05) is 6.61 Å². The molecule has 1 aromatic heterocycles. The van der Waals surface area contributed by atoms with E-state index >= 15 is 0 Å². The number of pyridine rings is 1. The molecule has 0 aromatic carbocycles. The molecule has 1 aromatic rings. The van der Waals surface area contributed by atoms with E-state index in [4.69, 9.17) is 14.2 Å². The third kappa shape index (κ3) is 11.0. The molecule has 1 N–H and O–H groups in total. The Morgan fingerprint density at radius 2 is 1.95 bits per heavy atom. The zero-order chi connectivity index (χ0) is 29.2. The Labute approximate surface area is 234 Å². The fourth-order valence-corrected chi connectivity index (χ4v) is 4.39. The molecular formula is C32H47NO6. The van der Waals surface area contributed by atoms with E-state index < -0.39 is 23.8 Å². The van der Waals surface area contributed by atoms with E-state index in [1.807, 2.05) is 63.3 Å². The lowest BCUT2D eigenvalue weighted by Crippen LogP contribution is -2.41. The number of carbonyl (C=O) groups is 2. The Hall–Kier alpha value is -2.93. The molecule has 0 fully saturated rings. The second kappa shape index (κ2) is 15.0. The molecule has 0 bridgehead atoms. The number of aromatic nitrogens is 1. The van der Waals surface area contributed by atoms with Crippen molar-refractivity contribution in [1.82, 2.24) is 4.98 Å². The van der Waals surface area contributed by atoms with Crippen LogP contribution >= 0.6 is 0 Å². The van der Waals surface area contributed by atoms with Gasteiger partial charge in [0.05, 0.1) is 12.3 Å². The van der Waals surface area contributed by atoms with Crippen molar-refractivity contribution in [3.63, 3.8) is 0 Å². The summed E-state index contributed by atoms with van der Waals surface area (Å²) in [5.41, 5.74) is 0.542. The smallest absolute Gasteiger partial charge is 0.306 e. The minimum atomic E-state index is -1.25. The second-order valence-corrected chi connectivity index (χ2v) is 11.6. The average molecular weight is 542 g/mol. The number of ether oxygens (including phenoxy) is 3. The van der Waals surface area contributed by atoms with Gasteiger partial charge in [-0.15, -0.1) is 0 Å². The van der Waals surface area contributed by atoms with Crippen LogP contribution in [0.4, 0.5) is 0 Å². The number of hydrogen-bond donors (Lipinski definition) is 1. The molecule has 0 aliphatic carbocycles. The fourth-order valence-electron chi connectivity index (χ4n) is 4.39. The van der Waals surface area contributed by atoms with Crippen molar-refractivity contribution >= 4 is 11.9 Å². The van der Waals surface area contributed by atoms with Crippen LogP contribution in [0.3, 0.4) is 0 Å². The molecular weight excluding hydrogens is 494 g/mol. The lowest BCUT2D eigenvalue weighted by Gasteiger charge is -2.32. The Kier molecular flexibility index (Phi) is 12.4. The molecule has 0 saturated carbocycles. The van der Waals surface area contributed by atoms with Crippen LogP contribution in [0.25, 0.3) is 0 Å². The molecule has 39 heavy (non-hydrogen) atoms. The van der Waals surface area contributed by atoms with Crippen molar-refractivity contribution < 1.29 is 28.9 Å². The summed E-state index contributed by atoms with van der Waals surface area (Å²) in [7, 11) is 0. The summed E-state index contributed by atoms with van der Waals surface area (Å²) in [6.07, 6.45) is 9.46. The van der Waals surface area contributed by atoms with Crippen molar-refractivity contribution in [3.05, 3.63) is 59.8 Å². The highest BCUT2D eigenvalue weighted by Crippen LogP contribution is 2.28. The minimum Gasteiger partial charge on any atom is -0.477 e. The molecule has 1 aliphatic rings. The molecule has 2 rings (SSSR count). The number of rotatable bonds is 8. The highest BCUT2D eigenvalue weighted by atomic mass is 16.6. The summed E-state index contributed by atoms with van der Waals surface area (Å²) in [4.78, 5) is 29.1. The van der Waals surface area contributed by atoms with Gasteiger partial charge in [-0.1, -0.05) is 65.0 Å². The minimum absolute atomic E-state index is 0.0131. The first-order chi connectivity index (χ1) is 18.3. The molecule has 216 valence electrons. The maximum absolute atomic E-state index is 12.8. The van der Waals surface area contributed by atoms with Gasteiger partial charge < -0.3 is 19.3 Å². The Balaban J connectivity index is 2.25. The maximum Gasteiger partial charge on any atom is 0.306 e. The summed E-state index contributed by atoms with van der Waals surface area (Å²) < 4.78 is 17.2. The fraction of sp³-hybridized carbons (Fsp3) is 0.594. The van der Waals surface area contributed by atoms with Crippen LogP contribution in [0.15, 0.2) is 54.2 Å². The molecule has 6 atom stereocenters. The number of allylic oxidation sites excluding steroid dienone is 3. The summed E-state index contributed by atoms with van der Waals surface area (Å²) in [6.45, 7) is 15.7. The number of aliphatic hydroxyl groups is 1. The van der Waals surface area contributed by atoms with Gasteiger partial charge in [0.25, 0.3) is 0 Å². The molecule has 7 nitrogen and oxygen atoms in total. The zero-order valence-corrected chi connectivity index (χ0v) is 24.8. The average Bonchev–Trinajstić information content (AvgIpc) is 2.86. The van der Waals surface area contributed by atoms with Crippen molar-refractivity contribution in [2.24, 2.45) is 17.8 Å². The van der Waals surface area contributed by atoms with Gasteiger partial charge in [-0.2, -0.15) is 0 Å². The topological polar surface area (TPSA) is 95.0 Å². The molecule has 0 spiro atoms.